The van der Waals surface area contributed by atoms with E-state index in [4.69, 9.17) is 9.47 Å². The molecule has 1 fully saturated rings. The zero-order valence-electron chi connectivity index (χ0n) is 17.3. The van der Waals surface area contributed by atoms with Crippen LogP contribution in [0.2, 0.25) is 0 Å². The van der Waals surface area contributed by atoms with Crippen LogP contribution in [-0.2, 0) is 19.1 Å². The Hall–Kier alpha value is -1.32. The number of ether oxygens (including phenoxy) is 2. The van der Waals surface area contributed by atoms with Crippen LogP contribution in [-0.4, -0.2) is 25.2 Å². The molecule has 2 bridgehead atoms. The molecule has 0 saturated heterocycles. The van der Waals surface area contributed by atoms with Crippen molar-refractivity contribution >= 4 is 11.9 Å². The second kappa shape index (κ2) is 11.5. The van der Waals surface area contributed by atoms with Gasteiger partial charge in [0, 0.05) is 18.3 Å². The molecule has 154 valence electrons. The van der Waals surface area contributed by atoms with Gasteiger partial charge in [-0.05, 0) is 37.5 Å². The minimum Gasteiger partial charge on any atom is -0.465 e. The van der Waals surface area contributed by atoms with Crippen molar-refractivity contribution in [2.24, 2.45) is 17.3 Å². The summed E-state index contributed by atoms with van der Waals surface area (Å²) in [6.45, 7) is 5.09. The average molecular weight is 379 g/mol. The zero-order chi connectivity index (χ0) is 19.5. The lowest BCUT2D eigenvalue weighted by atomic mass is 9.77. The number of esters is 2. The van der Waals surface area contributed by atoms with Crippen LogP contribution in [0.5, 0.6) is 0 Å². The fourth-order valence-corrected chi connectivity index (χ4v) is 4.41. The van der Waals surface area contributed by atoms with Gasteiger partial charge in [-0.1, -0.05) is 64.5 Å². The third kappa shape index (κ3) is 6.97. The first-order valence-electron chi connectivity index (χ1n) is 11.1. The number of fused-ring (bicyclic) bond motifs is 2. The number of hydrogen-bond acceptors (Lipinski definition) is 4. The number of carbonyl (C=O) groups excluding carboxylic acids is 2. The van der Waals surface area contributed by atoms with Gasteiger partial charge in [-0.2, -0.15) is 0 Å². The molecule has 2 rings (SSSR count). The summed E-state index contributed by atoms with van der Waals surface area (Å²) in [6.07, 6.45) is 16.2. The number of carbonyl (C=O) groups is 2. The maximum Gasteiger partial charge on any atom is 0.305 e. The Kier molecular flexibility index (Phi) is 9.36. The zero-order valence-corrected chi connectivity index (χ0v) is 17.3. The first-order chi connectivity index (χ1) is 13.1. The van der Waals surface area contributed by atoms with E-state index in [1.807, 2.05) is 0 Å². The molecule has 0 aromatic heterocycles. The van der Waals surface area contributed by atoms with E-state index in [0.717, 1.165) is 51.4 Å². The molecule has 2 unspecified atom stereocenters. The first-order valence-corrected chi connectivity index (χ1v) is 11.1. The topological polar surface area (TPSA) is 52.6 Å². The summed E-state index contributed by atoms with van der Waals surface area (Å²) in [7, 11) is 0. The highest BCUT2D eigenvalue weighted by molar-refractivity contribution is 5.70. The quantitative estimate of drug-likeness (QED) is 0.224. The van der Waals surface area contributed by atoms with Gasteiger partial charge in [0.1, 0.15) is 13.2 Å². The number of rotatable bonds is 14. The molecular weight excluding hydrogens is 340 g/mol. The average Bonchev–Trinajstić information content (AvgIpc) is 3.27. The highest BCUT2D eigenvalue weighted by Crippen LogP contribution is 2.52. The molecule has 0 radical (unpaired) electrons. The van der Waals surface area contributed by atoms with E-state index in [-0.39, 0.29) is 17.4 Å². The van der Waals surface area contributed by atoms with Crippen molar-refractivity contribution < 1.29 is 19.1 Å². The van der Waals surface area contributed by atoms with Crippen molar-refractivity contribution in [2.75, 3.05) is 13.2 Å². The molecule has 0 aromatic carbocycles. The molecule has 2 aliphatic rings. The van der Waals surface area contributed by atoms with E-state index in [1.54, 1.807) is 0 Å². The fraction of sp³-hybridized carbons (Fsp3) is 0.826. The van der Waals surface area contributed by atoms with Crippen LogP contribution < -0.4 is 0 Å². The predicted molar refractivity (Wildman–Crippen MR) is 107 cm³/mol. The molecule has 2 aliphatic carbocycles. The molecule has 0 aliphatic heterocycles. The Labute approximate surface area is 165 Å². The second-order valence-corrected chi connectivity index (χ2v) is 8.50. The van der Waals surface area contributed by atoms with Gasteiger partial charge in [-0.15, -0.1) is 0 Å². The van der Waals surface area contributed by atoms with Crippen LogP contribution >= 0.6 is 0 Å². The van der Waals surface area contributed by atoms with Crippen molar-refractivity contribution in [3.05, 3.63) is 12.2 Å². The van der Waals surface area contributed by atoms with E-state index < -0.39 is 0 Å². The SMILES string of the molecule is CCCCCCC(=O)OCC1(COC(=O)CCCCCC)CC2C=CC1C2. The van der Waals surface area contributed by atoms with Gasteiger partial charge in [0.15, 0.2) is 0 Å². The largest absolute Gasteiger partial charge is 0.465 e. The summed E-state index contributed by atoms with van der Waals surface area (Å²) >= 11 is 0. The summed E-state index contributed by atoms with van der Waals surface area (Å²) < 4.78 is 11.3. The summed E-state index contributed by atoms with van der Waals surface area (Å²) in [4.78, 5) is 24.2. The third-order valence-corrected chi connectivity index (χ3v) is 6.14. The van der Waals surface area contributed by atoms with Gasteiger partial charge in [-0.25, -0.2) is 0 Å². The van der Waals surface area contributed by atoms with Crippen LogP contribution in [0, 0.1) is 17.3 Å². The number of unbranched alkanes of at least 4 members (excludes halogenated alkanes) is 6. The molecule has 1 saturated carbocycles. The lowest BCUT2D eigenvalue weighted by Crippen LogP contribution is -2.38. The highest BCUT2D eigenvalue weighted by atomic mass is 16.5. The van der Waals surface area contributed by atoms with Gasteiger partial charge < -0.3 is 9.47 Å². The maximum atomic E-state index is 12.1. The van der Waals surface area contributed by atoms with Crippen molar-refractivity contribution in [1.82, 2.24) is 0 Å². The third-order valence-electron chi connectivity index (χ3n) is 6.14. The fourth-order valence-electron chi connectivity index (χ4n) is 4.41. The summed E-state index contributed by atoms with van der Waals surface area (Å²) in [5.74, 6) is 0.691. The first kappa shape index (κ1) is 22.0. The summed E-state index contributed by atoms with van der Waals surface area (Å²) in [5, 5.41) is 0. The van der Waals surface area contributed by atoms with Crippen LogP contribution in [0.4, 0.5) is 0 Å². The lowest BCUT2D eigenvalue weighted by Gasteiger charge is -2.34. The van der Waals surface area contributed by atoms with Crippen LogP contribution in [0.25, 0.3) is 0 Å². The predicted octanol–water partition coefficient (Wildman–Crippen LogP) is 5.60. The molecule has 27 heavy (non-hydrogen) atoms. The molecular formula is C23H38O4. The van der Waals surface area contributed by atoms with Crippen molar-refractivity contribution in [2.45, 2.75) is 90.9 Å². The van der Waals surface area contributed by atoms with Crippen LogP contribution in [0.15, 0.2) is 12.2 Å². The standard InChI is InChI=1S/C23H38O4/c1-3-5-7-9-11-21(24)26-17-23(16-19-13-14-20(23)15-19)18-27-22(25)12-10-8-6-4-2/h13-14,19-20H,3-12,15-18H2,1-2H3. The van der Waals surface area contributed by atoms with Gasteiger partial charge >= 0.3 is 11.9 Å². The summed E-state index contributed by atoms with van der Waals surface area (Å²) in [6, 6.07) is 0. The van der Waals surface area contributed by atoms with Crippen molar-refractivity contribution in [1.29, 1.82) is 0 Å². The molecule has 0 spiro atoms. The monoisotopic (exact) mass is 378 g/mol. The van der Waals surface area contributed by atoms with Crippen molar-refractivity contribution in [3.8, 4) is 0 Å². The Bertz CT molecular complexity index is 469. The molecule has 2 atom stereocenters. The smallest absolute Gasteiger partial charge is 0.305 e. The molecule has 4 nitrogen and oxygen atoms in total. The van der Waals surface area contributed by atoms with Gasteiger partial charge in [-0.3, -0.25) is 9.59 Å². The second-order valence-electron chi connectivity index (χ2n) is 8.50. The number of allylic oxidation sites excluding steroid dienone is 2. The minimum absolute atomic E-state index is 0.108. The Morgan fingerprint density at radius 3 is 1.81 bits per heavy atom. The molecule has 0 aromatic rings. The van der Waals surface area contributed by atoms with E-state index in [2.05, 4.69) is 26.0 Å². The normalized spacial score (nSPS) is 22.1. The highest BCUT2D eigenvalue weighted by Gasteiger charge is 2.50. The Balaban J connectivity index is 1.77. The van der Waals surface area contributed by atoms with E-state index in [0.29, 0.717) is 37.9 Å². The van der Waals surface area contributed by atoms with Crippen LogP contribution in [0.1, 0.15) is 90.9 Å². The maximum absolute atomic E-state index is 12.1. The Morgan fingerprint density at radius 2 is 1.41 bits per heavy atom. The number of hydrogen-bond donors (Lipinski definition) is 0. The molecule has 4 heteroatoms. The van der Waals surface area contributed by atoms with E-state index >= 15 is 0 Å². The van der Waals surface area contributed by atoms with Gasteiger partial charge in [0.25, 0.3) is 0 Å². The van der Waals surface area contributed by atoms with Gasteiger partial charge in [0.2, 0.25) is 0 Å². The van der Waals surface area contributed by atoms with Crippen LogP contribution in [0.3, 0.4) is 0 Å². The van der Waals surface area contributed by atoms with E-state index in [9.17, 15) is 9.59 Å². The lowest BCUT2D eigenvalue weighted by molar-refractivity contribution is -0.155. The molecule has 0 heterocycles. The van der Waals surface area contributed by atoms with E-state index in [1.165, 1.54) is 12.8 Å². The van der Waals surface area contributed by atoms with Gasteiger partial charge in [0.05, 0.1) is 0 Å². The molecule has 0 amide bonds. The van der Waals surface area contributed by atoms with Crippen molar-refractivity contribution in [3.63, 3.8) is 0 Å². The molecule has 0 N–H and O–H groups in total. The summed E-state index contributed by atoms with van der Waals surface area (Å²) in [5.41, 5.74) is -0.211. The Morgan fingerprint density at radius 1 is 0.852 bits per heavy atom. The minimum atomic E-state index is -0.211.